The number of hydrogen-bond donors (Lipinski definition) is 7. The zero-order valence-corrected chi connectivity index (χ0v) is 14.4. The molecule has 0 aliphatic carbocycles. The van der Waals surface area contributed by atoms with E-state index in [1.165, 1.54) is 6.92 Å². The molecule has 3 atom stereocenters. The molecule has 0 aliphatic heterocycles. The van der Waals surface area contributed by atoms with Crippen molar-refractivity contribution in [3.8, 4) is 0 Å². The van der Waals surface area contributed by atoms with Crippen LogP contribution in [-0.4, -0.2) is 75.6 Å². The van der Waals surface area contributed by atoms with Crippen LogP contribution in [0, 0.1) is 0 Å². The first kappa shape index (κ1) is 23.8. The molecule has 0 rings (SSSR count). The van der Waals surface area contributed by atoms with Crippen LogP contribution in [0.1, 0.15) is 26.2 Å². The van der Waals surface area contributed by atoms with Crippen LogP contribution in [0.3, 0.4) is 0 Å². The molecule has 0 fully saturated rings. The molecular formula is C14H22N4O9. The van der Waals surface area contributed by atoms with Crippen molar-refractivity contribution in [3.05, 3.63) is 0 Å². The van der Waals surface area contributed by atoms with Gasteiger partial charge in [0.1, 0.15) is 18.6 Å². The normalized spacial score (nSPS) is 13.6. The minimum atomic E-state index is -1.57. The van der Waals surface area contributed by atoms with E-state index in [4.69, 9.17) is 21.1 Å². The molecule has 0 aromatic carbocycles. The minimum absolute atomic E-state index is 0.381. The molecule has 13 heteroatoms. The van der Waals surface area contributed by atoms with Gasteiger partial charge in [0.2, 0.25) is 17.7 Å². The van der Waals surface area contributed by atoms with Gasteiger partial charge in [0.05, 0.1) is 12.5 Å². The zero-order valence-electron chi connectivity index (χ0n) is 14.4. The van der Waals surface area contributed by atoms with Crippen molar-refractivity contribution in [2.45, 2.75) is 44.3 Å². The number of nitrogens with one attached hydrogen (secondary N) is 3. The predicted octanol–water partition coefficient (Wildman–Crippen LogP) is -3.16. The van der Waals surface area contributed by atoms with Crippen molar-refractivity contribution in [3.63, 3.8) is 0 Å². The minimum Gasteiger partial charge on any atom is -0.481 e. The van der Waals surface area contributed by atoms with Gasteiger partial charge in [0, 0.05) is 6.42 Å². The van der Waals surface area contributed by atoms with Crippen LogP contribution in [0.2, 0.25) is 0 Å². The van der Waals surface area contributed by atoms with Gasteiger partial charge in [-0.3, -0.25) is 28.8 Å². The van der Waals surface area contributed by atoms with Gasteiger partial charge in [0.15, 0.2) is 0 Å². The Hall–Kier alpha value is -3.22. The summed E-state index contributed by atoms with van der Waals surface area (Å²) in [7, 11) is 0. The van der Waals surface area contributed by atoms with Crippen LogP contribution in [0.4, 0.5) is 0 Å². The van der Waals surface area contributed by atoms with Crippen LogP contribution in [0.5, 0.6) is 0 Å². The summed E-state index contributed by atoms with van der Waals surface area (Å²) in [6.45, 7) is 0.540. The molecule has 0 spiro atoms. The number of carboxylic acids is 3. The average molecular weight is 390 g/mol. The molecule has 0 aromatic heterocycles. The summed E-state index contributed by atoms with van der Waals surface area (Å²) >= 11 is 0. The van der Waals surface area contributed by atoms with E-state index in [9.17, 15) is 28.8 Å². The topological polar surface area (TPSA) is 225 Å². The third-order valence-electron chi connectivity index (χ3n) is 3.12. The number of carbonyl (C=O) groups excluding carboxylic acids is 3. The van der Waals surface area contributed by atoms with Crippen molar-refractivity contribution in [1.82, 2.24) is 16.0 Å². The summed E-state index contributed by atoms with van der Waals surface area (Å²) in [5.74, 6) is -6.90. The van der Waals surface area contributed by atoms with Gasteiger partial charge in [-0.1, -0.05) is 0 Å². The number of carbonyl (C=O) groups is 6. The Balaban J connectivity index is 5.22. The Morgan fingerprint density at radius 2 is 1.37 bits per heavy atom. The summed E-state index contributed by atoms with van der Waals surface area (Å²) in [6, 6.07) is -4.05. The van der Waals surface area contributed by atoms with Crippen LogP contribution >= 0.6 is 0 Å². The average Bonchev–Trinajstić information content (AvgIpc) is 2.54. The first-order chi connectivity index (χ1) is 12.4. The molecule has 0 aliphatic rings. The summed E-state index contributed by atoms with van der Waals surface area (Å²) < 4.78 is 0. The van der Waals surface area contributed by atoms with Gasteiger partial charge in [-0.25, -0.2) is 0 Å². The van der Waals surface area contributed by atoms with E-state index in [0.29, 0.717) is 0 Å². The highest BCUT2D eigenvalue weighted by molar-refractivity contribution is 5.95. The third kappa shape index (κ3) is 10.4. The summed E-state index contributed by atoms with van der Waals surface area (Å²) in [4.78, 5) is 67.9. The fraction of sp³-hybridized carbons (Fsp3) is 0.571. The van der Waals surface area contributed by atoms with E-state index in [1.54, 1.807) is 0 Å². The van der Waals surface area contributed by atoms with Crippen LogP contribution < -0.4 is 21.7 Å². The monoisotopic (exact) mass is 390 g/mol. The van der Waals surface area contributed by atoms with Crippen molar-refractivity contribution in [2.24, 2.45) is 5.73 Å². The lowest BCUT2D eigenvalue weighted by Crippen LogP contribution is -2.56. The van der Waals surface area contributed by atoms with Crippen LogP contribution in [0.15, 0.2) is 0 Å². The molecule has 0 heterocycles. The molecule has 8 N–H and O–H groups in total. The van der Waals surface area contributed by atoms with Crippen molar-refractivity contribution >= 4 is 35.6 Å². The molecule has 3 unspecified atom stereocenters. The molecule has 3 amide bonds. The van der Waals surface area contributed by atoms with Crippen molar-refractivity contribution in [2.75, 3.05) is 6.54 Å². The maximum atomic E-state index is 12.3. The standard InChI is InChI=1S/C14H22N4O9/c1-6(15)12(25)18-8(4-10(21)22)14(27)17-7(2-3-9(19)20)13(26)16-5-11(23)24/h6-8H,2-5,15H2,1H3,(H,16,26)(H,17,27)(H,18,25)(H,19,20)(H,21,22)(H,23,24). The van der Waals surface area contributed by atoms with Gasteiger partial charge in [-0.05, 0) is 13.3 Å². The summed E-state index contributed by atoms with van der Waals surface area (Å²) in [5.41, 5.74) is 5.34. The highest BCUT2D eigenvalue weighted by Crippen LogP contribution is 2.02. The second-order valence-corrected chi connectivity index (χ2v) is 5.55. The zero-order chi connectivity index (χ0) is 21.1. The SMILES string of the molecule is CC(N)C(=O)NC(CC(=O)O)C(=O)NC(CCC(=O)O)C(=O)NCC(=O)O. The molecule has 0 saturated carbocycles. The van der Waals surface area contributed by atoms with Gasteiger partial charge < -0.3 is 37.0 Å². The van der Waals surface area contributed by atoms with Gasteiger partial charge >= 0.3 is 17.9 Å². The van der Waals surface area contributed by atoms with E-state index >= 15 is 0 Å². The lowest BCUT2D eigenvalue weighted by atomic mass is 10.1. The highest BCUT2D eigenvalue weighted by atomic mass is 16.4. The molecule has 0 aromatic rings. The molecule has 27 heavy (non-hydrogen) atoms. The number of hydrogen-bond acceptors (Lipinski definition) is 7. The molecular weight excluding hydrogens is 368 g/mol. The number of amides is 3. The van der Waals surface area contributed by atoms with E-state index in [0.717, 1.165) is 0 Å². The van der Waals surface area contributed by atoms with Crippen LogP contribution in [-0.2, 0) is 28.8 Å². The van der Waals surface area contributed by atoms with Crippen molar-refractivity contribution in [1.29, 1.82) is 0 Å². The first-order valence-electron chi connectivity index (χ1n) is 7.73. The Bertz CT molecular complexity index is 605. The number of carboxylic acid groups (broad SMARTS) is 3. The van der Waals surface area contributed by atoms with Gasteiger partial charge in [-0.2, -0.15) is 0 Å². The number of aliphatic carboxylic acids is 3. The Labute approximate surface area is 153 Å². The third-order valence-corrected chi connectivity index (χ3v) is 3.12. The molecule has 13 nitrogen and oxygen atoms in total. The number of nitrogens with two attached hydrogens (primary N) is 1. The van der Waals surface area contributed by atoms with Crippen LogP contribution in [0.25, 0.3) is 0 Å². The highest BCUT2D eigenvalue weighted by Gasteiger charge is 2.29. The van der Waals surface area contributed by atoms with E-state index < -0.39 is 73.1 Å². The van der Waals surface area contributed by atoms with Gasteiger partial charge in [-0.15, -0.1) is 0 Å². The van der Waals surface area contributed by atoms with Crippen molar-refractivity contribution < 1.29 is 44.1 Å². The maximum Gasteiger partial charge on any atom is 0.322 e. The predicted molar refractivity (Wildman–Crippen MR) is 87.3 cm³/mol. The Morgan fingerprint density at radius 3 is 1.81 bits per heavy atom. The smallest absolute Gasteiger partial charge is 0.322 e. The largest absolute Gasteiger partial charge is 0.481 e. The van der Waals surface area contributed by atoms with E-state index in [2.05, 4.69) is 10.6 Å². The lowest BCUT2D eigenvalue weighted by Gasteiger charge is -2.22. The lowest BCUT2D eigenvalue weighted by molar-refractivity contribution is -0.141. The quantitative estimate of drug-likeness (QED) is 0.177. The maximum absolute atomic E-state index is 12.3. The molecule has 152 valence electrons. The summed E-state index contributed by atoms with van der Waals surface area (Å²) in [6.07, 6.45) is -1.72. The Morgan fingerprint density at radius 1 is 0.815 bits per heavy atom. The molecule has 0 bridgehead atoms. The molecule has 0 saturated heterocycles. The van der Waals surface area contributed by atoms with Gasteiger partial charge in [0.25, 0.3) is 0 Å². The summed E-state index contributed by atoms with van der Waals surface area (Å²) in [5, 5.41) is 32.4. The van der Waals surface area contributed by atoms with E-state index in [-0.39, 0.29) is 6.42 Å². The first-order valence-corrected chi connectivity index (χ1v) is 7.73. The number of rotatable bonds is 12. The fourth-order valence-corrected chi connectivity index (χ4v) is 1.78. The van der Waals surface area contributed by atoms with E-state index in [1.807, 2.05) is 5.32 Å². The fourth-order valence-electron chi connectivity index (χ4n) is 1.78. The second kappa shape index (κ2) is 11.4. The second-order valence-electron chi connectivity index (χ2n) is 5.55. The molecule has 0 radical (unpaired) electrons. The Kier molecular flexibility index (Phi) is 10.0.